The second kappa shape index (κ2) is 4.13. The number of aromatic nitrogens is 2. The van der Waals surface area contributed by atoms with Crippen molar-refractivity contribution >= 4 is 11.6 Å². The molecule has 1 heterocycles. The number of aryl methyl sites for hydroxylation is 1. The lowest BCUT2D eigenvalue weighted by Crippen LogP contribution is -2.21. The van der Waals surface area contributed by atoms with Crippen LogP contribution in [-0.4, -0.2) is 10.2 Å². The third-order valence-corrected chi connectivity index (χ3v) is 4.28. The molecule has 0 unspecified atom stereocenters. The average molecular weight is 261 g/mol. The maximum atomic E-state index is 6.34. The Balaban J connectivity index is 2.12. The molecule has 0 saturated carbocycles. The first-order valence-corrected chi connectivity index (χ1v) is 6.80. The maximum Gasteiger partial charge on any atom is 0.0757 e. The van der Waals surface area contributed by atoms with E-state index < -0.39 is 0 Å². The normalized spacial score (nSPS) is 14.8. The highest BCUT2D eigenvalue weighted by Gasteiger charge is 2.32. The molecule has 1 aromatic carbocycles. The Morgan fingerprint density at radius 3 is 2.78 bits per heavy atom. The van der Waals surface area contributed by atoms with Gasteiger partial charge in [0.2, 0.25) is 0 Å². The number of aromatic amines is 1. The molecule has 2 nitrogen and oxygen atoms in total. The molecular formula is C15H17ClN2. The van der Waals surface area contributed by atoms with Crippen molar-refractivity contribution < 1.29 is 0 Å². The lowest BCUT2D eigenvalue weighted by atomic mass is 9.79. The van der Waals surface area contributed by atoms with Crippen molar-refractivity contribution in [1.82, 2.24) is 10.2 Å². The highest BCUT2D eigenvalue weighted by molar-refractivity contribution is 6.31. The third kappa shape index (κ3) is 1.67. The number of fused-ring (bicyclic) bond motifs is 1. The monoisotopic (exact) mass is 260 g/mol. The lowest BCUT2D eigenvalue weighted by molar-refractivity contribution is 0.604. The summed E-state index contributed by atoms with van der Waals surface area (Å²) in [6.07, 6.45) is 3.49. The Hall–Kier alpha value is -1.28. The molecule has 1 aromatic heterocycles. The standard InChI is InChI=1S/C15H17ClN2/c1-15(2,11-7-3-4-8-12(11)16)14-10-6-5-9-13(10)17-18-14/h3-4,7-8H,5-6,9H2,1-2H3,(H,17,18). The van der Waals surface area contributed by atoms with Gasteiger partial charge in [-0.1, -0.05) is 43.6 Å². The van der Waals surface area contributed by atoms with Crippen LogP contribution in [-0.2, 0) is 18.3 Å². The molecule has 0 radical (unpaired) electrons. The minimum absolute atomic E-state index is 0.146. The Kier molecular flexibility index (Phi) is 2.70. The van der Waals surface area contributed by atoms with E-state index in [0.717, 1.165) is 29.1 Å². The van der Waals surface area contributed by atoms with Crippen molar-refractivity contribution in [2.75, 3.05) is 0 Å². The quantitative estimate of drug-likeness (QED) is 0.872. The molecule has 3 rings (SSSR count). The molecule has 1 N–H and O–H groups in total. The molecule has 1 aliphatic carbocycles. The number of hydrogen-bond donors (Lipinski definition) is 1. The molecule has 94 valence electrons. The molecule has 0 spiro atoms. The van der Waals surface area contributed by atoms with E-state index in [-0.39, 0.29) is 5.41 Å². The number of rotatable bonds is 2. The molecule has 0 bridgehead atoms. The molecule has 2 aromatic rings. The summed E-state index contributed by atoms with van der Waals surface area (Å²) in [6, 6.07) is 8.05. The van der Waals surface area contributed by atoms with Crippen molar-refractivity contribution in [2.24, 2.45) is 0 Å². The number of halogens is 1. The summed E-state index contributed by atoms with van der Waals surface area (Å²) >= 11 is 6.34. The zero-order valence-electron chi connectivity index (χ0n) is 10.8. The van der Waals surface area contributed by atoms with Gasteiger partial charge in [-0.15, -0.1) is 0 Å². The number of hydrogen-bond acceptors (Lipinski definition) is 1. The Morgan fingerprint density at radius 2 is 2.00 bits per heavy atom. The first-order chi connectivity index (χ1) is 8.60. The average Bonchev–Trinajstić information content (AvgIpc) is 2.90. The van der Waals surface area contributed by atoms with E-state index in [1.807, 2.05) is 18.2 Å². The van der Waals surface area contributed by atoms with Crippen LogP contribution >= 0.6 is 11.6 Å². The Labute approximate surface area is 112 Å². The largest absolute Gasteiger partial charge is 0.282 e. The van der Waals surface area contributed by atoms with Crippen molar-refractivity contribution in [3.05, 3.63) is 51.8 Å². The fourth-order valence-corrected chi connectivity index (χ4v) is 3.30. The zero-order chi connectivity index (χ0) is 12.8. The summed E-state index contributed by atoms with van der Waals surface area (Å²) in [7, 11) is 0. The van der Waals surface area contributed by atoms with Crippen LogP contribution < -0.4 is 0 Å². The summed E-state index contributed by atoms with van der Waals surface area (Å²) < 4.78 is 0. The van der Waals surface area contributed by atoms with Crippen LogP contribution in [0.2, 0.25) is 5.02 Å². The third-order valence-electron chi connectivity index (χ3n) is 3.95. The van der Waals surface area contributed by atoms with Crippen molar-refractivity contribution in [3.8, 4) is 0 Å². The molecule has 3 heteroatoms. The Bertz CT molecular complexity index is 584. The molecule has 0 fully saturated rings. The van der Waals surface area contributed by atoms with Gasteiger partial charge in [-0.05, 0) is 36.5 Å². The van der Waals surface area contributed by atoms with E-state index in [1.54, 1.807) is 0 Å². The molecule has 18 heavy (non-hydrogen) atoms. The summed E-state index contributed by atoms with van der Waals surface area (Å²) in [5.41, 5.74) is 4.87. The number of nitrogens with zero attached hydrogens (tertiary/aromatic N) is 1. The van der Waals surface area contributed by atoms with Gasteiger partial charge in [-0.3, -0.25) is 5.10 Å². The van der Waals surface area contributed by atoms with Gasteiger partial charge in [0.05, 0.1) is 5.69 Å². The van der Waals surface area contributed by atoms with Crippen LogP contribution in [0.25, 0.3) is 0 Å². The summed E-state index contributed by atoms with van der Waals surface area (Å²) in [6.45, 7) is 4.39. The van der Waals surface area contributed by atoms with E-state index in [9.17, 15) is 0 Å². The van der Waals surface area contributed by atoms with E-state index in [1.165, 1.54) is 17.7 Å². The topological polar surface area (TPSA) is 28.7 Å². The van der Waals surface area contributed by atoms with Gasteiger partial charge in [-0.2, -0.15) is 5.10 Å². The van der Waals surface area contributed by atoms with Crippen LogP contribution in [0.5, 0.6) is 0 Å². The van der Waals surface area contributed by atoms with Gasteiger partial charge in [0, 0.05) is 16.1 Å². The SMILES string of the molecule is CC(C)(c1ccccc1Cl)c1n[nH]c2c1CCC2. The number of benzene rings is 1. The molecular weight excluding hydrogens is 244 g/mol. The second-order valence-corrected chi connectivity index (χ2v) is 5.89. The molecule has 0 saturated heterocycles. The van der Waals surface area contributed by atoms with Crippen LogP contribution in [0.15, 0.2) is 24.3 Å². The van der Waals surface area contributed by atoms with Crippen LogP contribution in [0.4, 0.5) is 0 Å². The van der Waals surface area contributed by atoms with Gasteiger partial charge < -0.3 is 0 Å². The van der Waals surface area contributed by atoms with E-state index in [4.69, 9.17) is 11.6 Å². The molecule has 0 atom stereocenters. The van der Waals surface area contributed by atoms with Crippen LogP contribution in [0.1, 0.15) is 42.8 Å². The summed E-state index contributed by atoms with van der Waals surface area (Å²) in [5, 5.41) is 8.55. The maximum absolute atomic E-state index is 6.34. The van der Waals surface area contributed by atoms with E-state index in [2.05, 4.69) is 30.1 Å². The second-order valence-electron chi connectivity index (χ2n) is 5.49. The van der Waals surface area contributed by atoms with E-state index in [0.29, 0.717) is 0 Å². The predicted molar refractivity (Wildman–Crippen MR) is 74.2 cm³/mol. The van der Waals surface area contributed by atoms with Crippen LogP contribution in [0, 0.1) is 0 Å². The van der Waals surface area contributed by atoms with Gasteiger partial charge in [0.1, 0.15) is 0 Å². The lowest BCUT2D eigenvalue weighted by Gasteiger charge is -2.25. The first kappa shape index (κ1) is 11.8. The summed E-state index contributed by atoms with van der Waals surface area (Å²) in [5.74, 6) is 0. The smallest absolute Gasteiger partial charge is 0.0757 e. The highest BCUT2D eigenvalue weighted by atomic mass is 35.5. The van der Waals surface area contributed by atoms with Gasteiger partial charge in [0.25, 0.3) is 0 Å². The minimum Gasteiger partial charge on any atom is -0.282 e. The number of nitrogens with one attached hydrogen (secondary N) is 1. The first-order valence-electron chi connectivity index (χ1n) is 6.42. The van der Waals surface area contributed by atoms with Crippen molar-refractivity contribution in [2.45, 2.75) is 38.5 Å². The minimum atomic E-state index is -0.146. The van der Waals surface area contributed by atoms with Gasteiger partial charge >= 0.3 is 0 Å². The predicted octanol–water partition coefficient (Wildman–Crippen LogP) is 3.88. The van der Waals surface area contributed by atoms with Gasteiger partial charge in [0.15, 0.2) is 0 Å². The Morgan fingerprint density at radius 1 is 1.22 bits per heavy atom. The van der Waals surface area contributed by atoms with Crippen molar-refractivity contribution in [3.63, 3.8) is 0 Å². The zero-order valence-corrected chi connectivity index (χ0v) is 11.5. The number of H-pyrrole nitrogens is 1. The fraction of sp³-hybridized carbons (Fsp3) is 0.400. The molecule has 1 aliphatic rings. The molecule has 0 amide bonds. The highest BCUT2D eigenvalue weighted by Crippen LogP contribution is 2.38. The van der Waals surface area contributed by atoms with Crippen molar-refractivity contribution in [1.29, 1.82) is 0 Å². The van der Waals surface area contributed by atoms with Gasteiger partial charge in [-0.25, -0.2) is 0 Å². The summed E-state index contributed by atoms with van der Waals surface area (Å²) in [4.78, 5) is 0. The van der Waals surface area contributed by atoms with E-state index >= 15 is 0 Å². The fourth-order valence-electron chi connectivity index (χ4n) is 2.93. The molecule has 0 aliphatic heterocycles. The van der Waals surface area contributed by atoms with Crippen LogP contribution in [0.3, 0.4) is 0 Å².